The molecule has 0 saturated heterocycles. The largest absolute Gasteiger partial charge is 0.364 e. The van der Waals surface area contributed by atoms with Crippen molar-refractivity contribution in [3.8, 4) is 0 Å². The zero-order valence-corrected chi connectivity index (χ0v) is 12.0. The lowest BCUT2D eigenvalue weighted by Gasteiger charge is -2.07. The van der Waals surface area contributed by atoms with E-state index in [1.807, 2.05) is 13.0 Å². The predicted octanol–water partition coefficient (Wildman–Crippen LogP) is 1.26. The first kappa shape index (κ1) is 14.7. The topological polar surface area (TPSA) is 84.2 Å². The van der Waals surface area contributed by atoms with Crippen LogP contribution in [-0.2, 0) is 23.1 Å². The summed E-state index contributed by atoms with van der Waals surface area (Å²) < 4.78 is 31.5. The summed E-state index contributed by atoms with van der Waals surface area (Å²) >= 11 is 0. The first-order chi connectivity index (χ1) is 9.62. The van der Waals surface area contributed by atoms with E-state index >= 15 is 0 Å². The van der Waals surface area contributed by atoms with Crippen molar-refractivity contribution in [2.75, 3.05) is 6.54 Å². The van der Waals surface area contributed by atoms with Gasteiger partial charge in [0.2, 0.25) is 10.0 Å². The second-order valence-electron chi connectivity index (χ2n) is 4.24. The average Bonchev–Trinajstić information content (AvgIpc) is 2.97. The molecule has 0 spiro atoms. The van der Waals surface area contributed by atoms with Gasteiger partial charge in [-0.2, -0.15) is 0 Å². The minimum Gasteiger partial charge on any atom is -0.364 e. The summed E-state index contributed by atoms with van der Waals surface area (Å²) in [6.45, 7) is 3.58. The third kappa shape index (κ3) is 3.89. The van der Waals surface area contributed by atoms with Crippen LogP contribution in [0.5, 0.6) is 0 Å². The number of rotatable bonds is 7. The molecule has 0 amide bonds. The van der Waals surface area contributed by atoms with Crippen LogP contribution in [0.3, 0.4) is 0 Å². The van der Waals surface area contributed by atoms with Gasteiger partial charge in [0.25, 0.3) is 0 Å². The standard InChI is InChI=1S/C13H17N3O3S/c1-2-14-9-11-4-3-5-13(8-11)20(17,18)15-10-12-6-7-19-16-12/h3-8,14-15H,2,9-10H2,1H3. The van der Waals surface area contributed by atoms with E-state index in [-0.39, 0.29) is 11.4 Å². The van der Waals surface area contributed by atoms with Gasteiger partial charge < -0.3 is 9.84 Å². The lowest BCUT2D eigenvalue weighted by molar-refractivity contribution is 0.411. The average molecular weight is 295 g/mol. The highest BCUT2D eigenvalue weighted by Crippen LogP contribution is 2.12. The fourth-order valence-corrected chi connectivity index (χ4v) is 2.74. The van der Waals surface area contributed by atoms with E-state index in [1.54, 1.807) is 24.3 Å². The molecule has 108 valence electrons. The third-order valence-corrected chi connectivity index (χ3v) is 4.12. The fraction of sp³-hybridized carbons (Fsp3) is 0.308. The first-order valence-corrected chi connectivity index (χ1v) is 7.78. The molecule has 7 heteroatoms. The molecule has 1 aromatic heterocycles. The van der Waals surface area contributed by atoms with Crippen LogP contribution in [0.1, 0.15) is 18.2 Å². The molecule has 2 rings (SSSR count). The van der Waals surface area contributed by atoms with E-state index in [0.29, 0.717) is 12.2 Å². The van der Waals surface area contributed by atoms with Gasteiger partial charge >= 0.3 is 0 Å². The number of hydrogen-bond donors (Lipinski definition) is 2. The Kier molecular flexibility index (Phi) is 4.89. The van der Waals surface area contributed by atoms with E-state index in [0.717, 1.165) is 12.1 Å². The van der Waals surface area contributed by atoms with Gasteiger partial charge in [0.15, 0.2) is 0 Å². The van der Waals surface area contributed by atoms with Crippen molar-refractivity contribution >= 4 is 10.0 Å². The number of sulfonamides is 1. The molecule has 0 saturated carbocycles. The Hall–Kier alpha value is -1.70. The molecule has 20 heavy (non-hydrogen) atoms. The molecule has 1 aromatic carbocycles. The smallest absolute Gasteiger partial charge is 0.240 e. The summed E-state index contributed by atoms with van der Waals surface area (Å²) in [4.78, 5) is 0.247. The number of hydrogen-bond acceptors (Lipinski definition) is 5. The maximum atomic E-state index is 12.2. The zero-order chi connectivity index (χ0) is 14.4. The fourth-order valence-electron chi connectivity index (χ4n) is 1.67. The molecule has 0 radical (unpaired) electrons. The molecule has 0 atom stereocenters. The number of benzene rings is 1. The molecule has 6 nitrogen and oxygen atoms in total. The van der Waals surface area contributed by atoms with E-state index in [9.17, 15) is 8.42 Å². The summed E-state index contributed by atoms with van der Waals surface area (Å²) in [7, 11) is -3.54. The molecule has 0 aliphatic carbocycles. The van der Waals surface area contributed by atoms with Crippen LogP contribution in [0.25, 0.3) is 0 Å². The van der Waals surface area contributed by atoms with Crippen LogP contribution < -0.4 is 10.0 Å². The monoisotopic (exact) mass is 295 g/mol. The Morgan fingerprint density at radius 1 is 1.25 bits per heavy atom. The van der Waals surface area contributed by atoms with E-state index in [1.165, 1.54) is 6.26 Å². The molecular weight excluding hydrogens is 278 g/mol. The molecule has 0 fully saturated rings. The van der Waals surface area contributed by atoms with Gasteiger partial charge in [-0.1, -0.05) is 24.2 Å². The van der Waals surface area contributed by atoms with Gasteiger partial charge in [0.05, 0.1) is 17.1 Å². The molecule has 0 bridgehead atoms. The Morgan fingerprint density at radius 2 is 2.10 bits per heavy atom. The highest BCUT2D eigenvalue weighted by Gasteiger charge is 2.14. The van der Waals surface area contributed by atoms with Crippen LogP contribution in [0.15, 0.2) is 46.0 Å². The zero-order valence-electron chi connectivity index (χ0n) is 11.2. The van der Waals surface area contributed by atoms with Crippen molar-refractivity contribution < 1.29 is 12.9 Å². The maximum Gasteiger partial charge on any atom is 0.240 e. The maximum absolute atomic E-state index is 12.2. The highest BCUT2D eigenvalue weighted by atomic mass is 32.2. The lowest BCUT2D eigenvalue weighted by atomic mass is 10.2. The van der Waals surface area contributed by atoms with Crippen LogP contribution in [-0.4, -0.2) is 20.1 Å². The summed E-state index contributed by atoms with van der Waals surface area (Å²) in [5, 5.41) is 6.82. The quantitative estimate of drug-likeness (QED) is 0.803. The molecule has 2 N–H and O–H groups in total. The van der Waals surface area contributed by atoms with Crippen molar-refractivity contribution in [1.29, 1.82) is 0 Å². The Bertz CT molecular complexity index is 639. The summed E-state index contributed by atoms with van der Waals surface area (Å²) in [6, 6.07) is 8.47. The minimum atomic E-state index is -3.54. The van der Waals surface area contributed by atoms with Gasteiger partial charge in [0.1, 0.15) is 6.26 Å². The van der Waals surface area contributed by atoms with Crippen LogP contribution in [0.4, 0.5) is 0 Å². The minimum absolute atomic E-state index is 0.107. The van der Waals surface area contributed by atoms with Crippen molar-refractivity contribution in [2.45, 2.75) is 24.9 Å². The Labute approximate surface area is 118 Å². The second kappa shape index (κ2) is 6.65. The molecule has 0 aliphatic rings. The van der Waals surface area contributed by atoms with Crippen LogP contribution >= 0.6 is 0 Å². The highest BCUT2D eigenvalue weighted by molar-refractivity contribution is 7.89. The summed E-state index contributed by atoms with van der Waals surface area (Å²) in [5.41, 5.74) is 1.47. The Balaban J connectivity index is 2.08. The normalized spacial score (nSPS) is 11.7. The van der Waals surface area contributed by atoms with Crippen molar-refractivity contribution in [1.82, 2.24) is 15.2 Å². The summed E-state index contributed by atoms with van der Waals surface area (Å²) in [5.74, 6) is 0. The molecular formula is C13H17N3O3S. The van der Waals surface area contributed by atoms with Crippen LogP contribution in [0.2, 0.25) is 0 Å². The third-order valence-electron chi connectivity index (χ3n) is 2.72. The van der Waals surface area contributed by atoms with Crippen molar-refractivity contribution in [2.24, 2.45) is 0 Å². The Morgan fingerprint density at radius 3 is 2.80 bits per heavy atom. The summed E-state index contributed by atoms with van der Waals surface area (Å²) in [6.07, 6.45) is 1.40. The first-order valence-electron chi connectivity index (χ1n) is 6.30. The van der Waals surface area contributed by atoms with Crippen molar-refractivity contribution in [3.63, 3.8) is 0 Å². The van der Waals surface area contributed by atoms with Gasteiger partial charge in [-0.05, 0) is 24.2 Å². The predicted molar refractivity (Wildman–Crippen MR) is 74.4 cm³/mol. The number of nitrogens with one attached hydrogen (secondary N) is 2. The van der Waals surface area contributed by atoms with E-state index in [2.05, 4.69) is 19.7 Å². The lowest BCUT2D eigenvalue weighted by Crippen LogP contribution is -2.23. The van der Waals surface area contributed by atoms with Gasteiger partial charge in [0, 0.05) is 12.6 Å². The van der Waals surface area contributed by atoms with Crippen LogP contribution in [0, 0.1) is 0 Å². The van der Waals surface area contributed by atoms with Crippen molar-refractivity contribution in [3.05, 3.63) is 47.9 Å². The van der Waals surface area contributed by atoms with E-state index in [4.69, 9.17) is 0 Å². The molecule has 2 aromatic rings. The SMILES string of the molecule is CCNCc1cccc(S(=O)(=O)NCc2ccon2)c1. The molecule has 1 heterocycles. The number of nitrogens with zero attached hydrogens (tertiary/aromatic N) is 1. The molecule has 0 aliphatic heterocycles. The van der Waals surface area contributed by atoms with Gasteiger partial charge in [-0.3, -0.25) is 0 Å². The van der Waals surface area contributed by atoms with Gasteiger partial charge in [-0.25, -0.2) is 13.1 Å². The molecule has 0 unspecified atom stereocenters. The second-order valence-corrected chi connectivity index (χ2v) is 6.01. The van der Waals surface area contributed by atoms with E-state index < -0.39 is 10.0 Å². The number of aromatic nitrogens is 1. The van der Waals surface area contributed by atoms with Gasteiger partial charge in [-0.15, -0.1) is 0 Å².